The van der Waals surface area contributed by atoms with Crippen LogP contribution in [0.5, 0.6) is 0 Å². The summed E-state index contributed by atoms with van der Waals surface area (Å²) >= 11 is 1.69. The van der Waals surface area contributed by atoms with Gasteiger partial charge in [-0.3, -0.25) is 9.36 Å². The molecule has 5 rings (SSSR count). The zero-order chi connectivity index (χ0) is 19.8. The van der Waals surface area contributed by atoms with Gasteiger partial charge in [0.1, 0.15) is 4.83 Å². The summed E-state index contributed by atoms with van der Waals surface area (Å²) < 4.78 is 3.75. The highest BCUT2D eigenvalue weighted by molar-refractivity contribution is 7.18. The molecule has 7 heteroatoms. The third-order valence-corrected chi connectivity index (χ3v) is 6.63. The summed E-state index contributed by atoms with van der Waals surface area (Å²) in [5.74, 6) is 0.623. The van der Waals surface area contributed by atoms with Crippen molar-refractivity contribution in [1.82, 2.24) is 19.1 Å². The van der Waals surface area contributed by atoms with Gasteiger partial charge in [-0.25, -0.2) is 9.97 Å². The van der Waals surface area contributed by atoms with Crippen molar-refractivity contribution in [2.75, 3.05) is 5.32 Å². The second-order valence-corrected chi connectivity index (χ2v) is 8.51. The number of aryl methyl sites for hydroxylation is 2. The normalized spacial score (nSPS) is 13.6. The van der Waals surface area contributed by atoms with Gasteiger partial charge in [-0.15, -0.1) is 11.3 Å². The molecular weight excluding hydrogens is 382 g/mol. The van der Waals surface area contributed by atoms with E-state index in [0.717, 1.165) is 47.3 Å². The largest absolute Gasteiger partial charge is 0.325 e. The van der Waals surface area contributed by atoms with E-state index >= 15 is 0 Å². The molecule has 0 unspecified atom stereocenters. The Labute approximate surface area is 172 Å². The number of fused-ring (bicyclic) bond motifs is 3. The quantitative estimate of drug-likeness (QED) is 0.524. The van der Waals surface area contributed by atoms with Crippen LogP contribution in [0.4, 0.5) is 11.6 Å². The van der Waals surface area contributed by atoms with E-state index in [-0.39, 0.29) is 5.56 Å². The summed E-state index contributed by atoms with van der Waals surface area (Å²) in [7, 11) is 0. The van der Waals surface area contributed by atoms with Crippen LogP contribution in [0, 0.1) is 0 Å². The van der Waals surface area contributed by atoms with Gasteiger partial charge in [-0.2, -0.15) is 0 Å². The lowest BCUT2D eigenvalue weighted by Gasteiger charge is -2.14. The number of imidazole rings is 1. The number of hydrogen-bond donors (Lipinski definition) is 1. The van der Waals surface area contributed by atoms with Gasteiger partial charge in [-0.05, 0) is 61.9 Å². The van der Waals surface area contributed by atoms with Crippen molar-refractivity contribution in [2.24, 2.45) is 0 Å². The average molecular weight is 406 g/mol. The molecule has 0 aliphatic heterocycles. The molecule has 6 nitrogen and oxygen atoms in total. The Morgan fingerprint density at radius 2 is 2.00 bits per heavy atom. The molecule has 3 aromatic heterocycles. The van der Waals surface area contributed by atoms with Gasteiger partial charge in [0, 0.05) is 35.2 Å². The molecule has 1 aliphatic carbocycles. The molecule has 0 spiro atoms. The van der Waals surface area contributed by atoms with Crippen LogP contribution < -0.4 is 10.9 Å². The smallest absolute Gasteiger partial charge is 0.263 e. The number of hydrogen-bond acceptors (Lipinski definition) is 5. The van der Waals surface area contributed by atoms with Crippen molar-refractivity contribution in [3.8, 4) is 5.69 Å². The number of thiophene rings is 1. The predicted molar refractivity (Wildman–Crippen MR) is 118 cm³/mol. The van der Waals surface area contributed by atoms with Crippen molar-refractivity contribution in [2.45, 2.75) is 45.6 Å². The van der Waals surface area contributed by atoms with Crippen molar-refractivity contribution >= 4 is 33.2 Å². The molecule has 29 heavy (non-hydrogen) atoms. The van der Waals surface area contributed by atoms with E-state index in [0.29, 0.717) is 12.5 Å². The molecule has 4 aromatic rings. The van der Waals surface area contributed by atoms with Crippen LogP contribution in [0.2, 0.25) is 0 Å². The number of benzene rings is 1. The molecule has 0 fully saturated rings. The highest BCUT2D eigenvalue weighted by atomic mass is 32.1. The molecule has 1 aromatic carbocycles. The Morgan fingerprint density at radius 3 is 2.76 bits per heavy atom. The zero-order valence-corrected chi connectivity index (χ0v) is 17.2. The molecule has 0 radical (unpaired) electrons. The fourth-order valence-electron chi connectivity index (χ4n) is 4.02. The molecule has 3 heterocycles. The van der Waals surface area contributed by atoms with E-state index < -0.39 is 0 Å². The average Bonchev–Trinajstić information content (AvgIpc) is 3.39. The maximum absolute atomic E-state index is 13.4. The molecule has 0 bridgehead atoms. The standard InChI is InChI=1S/C22H23N5OS/c1-2-12-27-21(28)19-17-5-3-4-6-18(17)29-20(19)25-22(27)24-15-7-9-16(10-8-15)26-13-11-23-14-26/h7-11,13-14H,2-6,12H2,1H3,(H,24,25). The Morgan fingerprint density at radius 1 is 1.17 bits per heavy atom. The van der Waals surface area contributed by atoms with Crippen LogP contribution >= 0.6 is 11.3 Å². The maximum Gasteiger partial charge on any atom is 0.263 e. The van der Waals surface area contributed by atoms with Crippen LogP contribution in [0.25, 0.3) is 15.9 Å². The summed E-state index contributed by atoms with van der Waals surface area (Å²) in [4.78, 5) is 24.5. The third kappa shape index (κ3) is 3.25. The lowest BCUT2D eigenvalue weighted by atomic mass is 9.97. The van der Waals surface area contributed by atoms with Crippen molar-refractivity contribution in [1.29, 1.82) is 0 Å². The summed E-state index contributed by atoms with van der Waals surface area (Å²) in [5, 5.41) is 4.22. The molecule has 1 aliphatic rings. The van der Waals surface area contributed by atoms with Crippen molar-refractivity contribution < 1.29 is 0 Å². The molecule has 0 atom stereocenters. The van der Waals surface area contributed by atoms with Crippen LogP contribution in [0.1, 0.15) is 36.6 Å². The fraction of sp³-hybridized carbons (Fsp3) is 0.318. The second kappa shape index (κ2) is 7.48. The van der Waals surface area contributed by atoms with Gasteiger partial charge in [0.2, 0.25) is 5.95 Å². The number of rotatable bonds is 5. The SMILES string of the molecule is CCCn1c(Nc2ccc(-n3ccnc3)cc2)nc2sc3c(c2c1=O)CCCC3. The first-order chi connectivity index (χ1) is 14.2. The van der Waals surface area contributed by atoms with Crippen LogP contribution in [0.15, 0.2) is 47.8 Å². The first-order valence-corrected chi connectivity index (χ1v) is 11.0. The highest BCUT2D eigenvalue weighted by Gasteiger charge is 2.22. The fourth-order valence-corrected chi connectivity index (χ4v) is 5.27. The molecule has 0 amide bonds. The van der Waals surface area contributed by atoms with Gasteiger partial charge >= 0.3 is 0 Å². The minimum absolute atomic E-state index is 0.0915. The van der Waals surface area contributed by atoms with Gasteiger partial charge in [-0.1, -0.05) is 6.92 Å². The van der Waals surface area contributed by atoms with E-state index in [1.54, 1.807) is 28.4 Å². The zero-order valence-electron chi connectivity index (χ0n) is 16.4. The lowest BCUT2D eigenvalue weighted by Crippen LogP contribution is -2.24. The maximum atomic E-state index is 13.4. The molecule has 0 saturated carbocycles. The first-order valence-electron chi connectivity index (χ1n) is 10.1. The summed E-state index contributed by atoms with van der Waals surface area (Å²) in [6.07, 6.45) is 10.8. The summed E-state index contributed by atoms with van der Waals surface area (Å²) in [6, 6.07) is 8.05. The van der Waals surface area contributed by atoms with Gasteiger partial charge in [0.05, 0.1) is 11.7 Å². The summed E-state index contributed by atoms with van der Waals surface area (Å²) in [5.41, 5.74) is 3.28. The van der Waals surface area contributed by atoms with Gasteiger partial charge < -0.3 is 9.88 Å². The molecule has 0 saturated heterocycles. The van der Waals surface area contributed by atoms with Gasteiger partial charge in [0.15, 0.2) is 0 Å². The predicted octanol–water partition coefficient (Wildman–Crippen LogP) is 4.68. The second-order valence-electron chi connectivity index (χ2n) is 7.43. The van der Waals surface area contributed by atoms with E-state index in [9.17, 15) is 4.79 Å². The van der Waals surface area contributed by atoms with E-state index in [1.165, 1.54) is 16.9 Å². The minimum Gasteiger partial charge on any atom is -0.325 e. The monoisotopic (exact) mass is 405 g/mol. The van der Waals surface area contributed by atoms with E-state index in [2.05, 4.69) is 17.2 Å². The number of anilines is 2. The molecular formula is C22H23N5OS. The highest BCUT2D eigenvalue weighted by Crippen LogP contribution is 2.34. The Balaban J connectivity index is 1.55. The lowest BCUT2D eigenvalue weighted by molar-refractivity contribution is 0.655. The summed E-state index contributed by atoms with van der Waals surface area (Å²) in [6.45, 7) is 2.74. The Bertz CT molecular complexity index is 1200. The minimum atomic E-state index is 0.0915. The molecule has 148 valence electrons. The van der Waals surface area contributed by atoms with Crippen LogP contribution in [0.3, 0.4) is 0 Å². The number of nitrogens with zero attached hydrogens (tertiary/aromatic N) is 4. The van der Waals surface area contributed by atoms with Crippen molar-refractivity contribution in [3.63, 3.8) is 0 Å². The Hall–Kier alpha value is -2.93. The van der Waals surface area contributed by atoms with E-state index in [1.807, 2.05) is 35.0 Å². The number of nitrogens with one attached hydrogen (secondary N) is 1. The first kappa shape index (κ1) is 18.1. The third-order valence-electron chi connectivity index (χ3n) is 5.45. The van der Waals surface area contributed by atoms with Crippen LogP contribution in [-0.4, -0.2) is 19.1 Å². The van der Waals surface area contributed by atoms with Crippen LogP contribution in [-0.2, 0) is 19.4 Å². The topological polar surface area (TPSA) is 64.7 Å². The Kier molecular flexibility index (Phi) is 4.67. The van der Waals surface area contributed by atoms with E-state index in [4.69, 9.17) is 4.98 Å². The van der Waals surface area contributed by atoms with Crippen molar-refractivity contribution in [3.05, 3.63) is 63.8 Å². The van der Waals surface area contributed by atoms with Gasteiger partial charge in [0.25, 0.3) is 5.56 Å². The molecule has 1 N–H and O–H groups in total. The number of aromatic nitrogens is 4.